The molecule has 0 bridgehead atoms. The lowest BCUT2D eigenvalue weighted by atomic mass is 10.2. The number of carboxylic acids is 1. The zero-order valence-corrected chi connectivity index (χ0v) is 23.6. The van der Waals surface area contributed by atoms with E-state index in [1.165, 1.54) is 34.9 Å². The molecular formula is C28H30N6O6S. The fraction of sp³-hybridized carbons (Fsp3) is 0.250. The number of sulfonamides is 1. The van der Waals surface area contributed by atoms with Crippen molar-refractivity contribution < 1.29 is 27.9 Å². The molecule has 41 heavy (non-hydrogen) atoms. The summed E-state index contributed by atoms with van der Waals surface area (Å²) in [5.74, 6) is -1.25. The van der Waals surface area contributed by atoms with Crippen LogP contribution in [-0.2, 0) is 32.6 Å². The third-order valence-electron chi connectivity index (χ3n) is 5.65. The molecular weight excluding hydrogens is 548 g/mol. The second kappa shape index (κ2) is 12.3. The lowest BCUT2D eigenvalue weighted by Gasteiger charge is -2.26. The zero-order chi connectivity index (χ0) is 29.6. The van der Waals surface area contributed by atoms with Crippen LogP contribution >= 0.6 is 0 Å². The number of benzene rings is 1. The highest BCUT2D eigenvalue weighted by Crippen LogP contribution is 2.23. The van der Waals surface area contributed by atoms with Crippen molar-refractivity contribution in [2.45, 2.75) is 44.4 Å². The third-order valence-corrected chi connectivity index (χ3v) is 7.43. The number of carbonyl (C=O) groups excluding carboxylic acids is 1. The van der Waals surface area contributed by atoms with Crippen LogP contribution in [0, 0.1) is 0 Å². The fourth-order valence-electron chi connectivity index (χ4n) is 3.83. The molecule has 3 aromatic heterocycles. The van der Waals surface area contributed by atoms with Crippen LogP contribution in [-0.4, -0.2) is 61.8 Å². The Hall–Kier alpha value is -4.62. The van der Waals surface area contributed by atoms with Crippen LogP contribution in [0.1, 0.15) is 32.0 Å². The first-order valence-electron chi connectivity index (χ1n) is 12.6. The molecule has 0 aliphatic rings. The number of hydrogen-bond acceptors (Lipinski definition) is 8. The topological polar surface area (TPSA) is 148 Å². The van der Waals surface area contributed by atoms with E-state index in [-0.39, 0.29) is 23.8 Å². The van der Waals surface area contributed by atoms with Crippen molar-refractivity contribution in [3.63, 3.8) is 0 Å². The Morgan fingerprint density at radius 1 is 0.976 bits per heavy atom. The van der Waals surface area contributed by atoms with Gasteiger partial charge < -0.3 is 9.84 Å². The first kappa shape index (κ1) is 29.4. The third kappa shape index (κ3) is 7.74. The van der Waals surface area contributed by atoms with E-state index in [1.54, 1.807) is 56.0 Å². The number of rotatable bonds is 10. The highest BCUT2D eigenvalue weighted by Gasteiger charge is 2.28. The van der Waals surface area contributed by atoms with E-state index in [1.807, 2.05) is 24.3 Å². The molecule has 0 aliphatic carbocycles. The number of aromatic nitrogens is 4. The maximum atomic E-state index is 13.7. The Bertz CT molecular complexity index is 1590. The van der Waals surface area contributed by atoms with Crippen molar-refractivity contribution in [1.82, 2.24) is 24.1 Å². The lowest BCUT2D eigenvalue weighted by Crippen LogP contribution is -2.40. The molecule has 13 heteroatoms. The van der Waals surface area contributed by atoms with Crippen LogP contribution in [0.4, 0.5) is 10.6 Å². The number of amides is 1. The van der Waals surface area contributed by atoms with E-state index in [4.69, 9.17) is 4.74 Å². The molecule has 1 amide bonds. The van der Waals surface area contributed by atoms with Crippen LogP contribution in [0.5, 0.6) is 0 Å². The molecule has 0 atom stereocenters. The minimum Gasteiger partial charge on any atom is -0.480 e. The Balaban J connectivity index is 1.66. The molecule has 12 nitrogen and oxygen atoms in total. The van der Waals surface area contributed by atoms with Crippen LogP contribution < -0.4 is 4.90 Å². The van der Waals surface area contributed by atoms with Gasteiger partial charge in [-0.2, -0.15) is 9.40 Å². The minimum atomic E-state index is -4.03. The van der Waals surface area contributed by atoms with Gasteiger partial charge in [0.2, 0.25) is 10.0 Å². The van der Waals surface area contributed by atoms with E-state index in [2.05, 4.69) is 15.1 Å². The molecule has 0 fully saturated rings. The summed E-state index contributed by atoms with van der Waals surface area (Å²) < 4.78 is 35.7. The van der Waals surface area contributed by atoms with E-state index in [9.17, 15) is 23.1 Å². The first-order chi connectivity index (χ1) is 19.4. The highest BCUT2D eigenvalue weighted by molar-refractivity contribution is 7.89. The second-order valence-corrected chi connectivity index (χ2v) is 12.0. The molecule has 1 aromatic carbocycles. The van der Waals surface area contributed by atoms with Crippen molar-refractivity contribution in [2.24, 2.45) is 0 Å². The van der Waals surface area contributed by atoms with Crippen molar-refractivity contribution >= 4 is 27.9 Å². The minimum absolute atomic E-state index is 0.00516. The average molecular weight is 579 g/mol. The fourth-order valence-corrected chi connectivity index (χ4v) is 5.20. The van der Waals surface area contributed by atoms with Gasteiger partial charge in [-0.15, -0.1) is 0 Å². The molecule has 0 aliphatic heterocycles. The van der Waals surface area contributed by atoms with Gasteiger partial charge in [0.15, 0.2) is 0 Å². The summed E-state index contributed by atoms with van der Waals surface area (Å²) in [6, 6.07) is 16.7. The van der Waals surface area contributed by atoms with Crippen molar-refractivity contribution in [3.8, 4) is 5.69 Å². The number of pyridine rings is 2. The van der Waals surface area contributed by atoms with Crippen LogP contribution in [0.15, 0.2) is 90.3 Å². The van der Waals surface area contributed by atoms with Gasteiger partial charge in [0.1, 0.15) is 22.9 Å². The molecule has 0 saturated heterocycles. The summed E-state index contributed by atoms with van der Waals surface area (Å²) >= 11 is 0. The molecule has 4 rings (SSSR count). The summed E-state index contributed by atoms with van der Waals surface area (Å²) in [4.78, 5) is 33.6. The highest BCUT2D eigenvalue weighted by atomic mass is 32.2. The molecule has 0 saturated carbocycles. The van der Waals surface area contributed by atoms with Crippen molar-refractivity contribution in [3.05, 3.63) is 96.7 Å². The second-order valence-electron chi connectivity index (χ2n) is 10.0. The number of carbonyl (C=O) groups is 2. The number of nitrogens with zero attached hydrogens (tertiary/aromatic N) is 6. The summed E-state index contributed by atoms with van der Waals surface area (Å²) in [7, 11) is -4.03. The monoisotopic (exact) mass is 578 g/mol. The zero-order valence-electron chi connectivity index (χ0n) is 22.8. The molecule has 0 radical (unpaired) electrons. The molecule has 214 valence electrons. The molecule has 0 spiro atoms. The number of hydrogen-bond donors (Lipinski definition) is 1. The number of aliphatic carboxylic acids is 1. The Morgan fingerprint density at radius 2 is 1.73 bits per heavy atom. The van der Waals surface area contributed by atoms with E-state index < -0.39 is 34.2 Å². The standard InChI is InChI=1S/C28H30N6O6S/c1-28(2,3)40-27(37)33(20-26(35)36)25-9-4-7-22(31-25)19-32(41(38,39)24-8-5-14-29-17-24)18-21-10-12-23(13-11-21)34-16-6-15-30-34/h4-17H,18-20H2,1-3H3,(H,35,36). The van der Waals surface area contributed by atoms with Gasteiger partial charge in [-0.1, -0.05) is 18.2 Å². The quantitative estimate of drug-likeness (QED) is 0.296. The molecule has 3 heterocycles. The van der Waals surface area contributed by atoms with E-state index in [0.717, 1.165) is 10.6 Å². The number of carboxylic acid groups (broad SMARTS) is 1. The van der Waals surface area contributed by atoms with Crippen LogP contribution in [0.25, 0.3) is 5.69 Å². The van der Waals surface area contributed by atoms with Crippen LogP contribution in [0.3, 0.4) is 0 Å². The summed E-state index contributed by atoms with van der Waals surface area (Å²) in [6.45, 7) is 4.14. The van der Waals surface area contributed by atoms with Crippen LogP contribution in [0.2, 0.25) is 0 Å². The predicted molar refractivity (Wildman–Crippen MR) is 150 cm³/mol. The number of anilines is 1. The largest absolute Gasteiger partial charge is 0.480 e. The summed E-state index contributed by atoms with van der Waals surface area (Å²) in [5.41, 5.74) is 0.954. The molecule has 4 aromatic rings. The van der Waals surface area contributed by atoms with Gasteiger partial charge in [-0.05, 0) is 68.8 Å². The Labute approximate surface area is 237 Å². The van der Waals surface area contributed by atoms with Gasteiger partial charge in [-0.3, -0.25) is 14.7 Å². The van der Waals surface area contributed by atoms with Crippen molar-refractivity contribution in [1.29, 1.82) is 0 Å². The van der Waals surface area contributed by atoms with Crippen molar-refractivity contribution in [2.75, 3.05) is 11.4 Å². The SMILES string of the molecule is CC(C)(C)OC(=O)N(CC(=O)O)c1cccc(CN(Cc2ccc(-n3cccn3)cc2)S(=O)(=O)c2cccnc2)n1. The first-order valence-corrected chi connectivity index (χ1v) is 14.0. The maximum absolute atomic E-state index is 13.7. The van der Waals surface area contributed by atoms with Gasteiger partial charge in [0.25, 0.3) is 0 Å². The van der Waals surface area contributed by atoms with Gasteiger partial charge in [0.05, 0.1) is 17.9 Å². The maximum Gasteiger partial charge on any atom is 0.416 e. The molecule has 1 N–H and O–H groups in total. The molecule has 0 unspecified atom stereocenters. The summed E-state index contributed by atoms with van der Waals surface area (Å²) in [6.07, 6.45) is 5.33. The van der Waals surface area contributed by atoms with E-state index >= 15 is 0 Å². The smallest absolute Gasteiger partial charge is 0.416 e. The Kier molecular flexibility index (Phi) is 8.79. The Morgan fingerprint density at radius 3 is 2.34 bits per heavy atom. The van der Waals surface area contributed by atoms with Gasteiger partial charge >= 0.3 is 12.1 Å². The van der Waals surface area contributed by atoms with Gasteiger partial charge in [-0.25, -0.2) is 22.9 Å². The lowest BCUT2D eigenvalue weighted by molar-refractivity contribution is -0.135. The normalized spacial score (nSPS) is 11.8. The predicted octanol–water partition coefficient (Wildman–Crippen LogP) is 3.88. The summed E-state index contributed by atoms with van der Waals surface area (Å²) in [5, 5.41) is 13.6. The van der Waals surface area contributed by atoms with Gasteiger partial charge in [0, 0.05) is 31.3 Å². The van der Waals surface area contributed by atoms with E-state index in [0.29, 0.717) is 11.3 Å². The number of ether oxygens (including phenoxy) is 1. The average Bonchev–Trinajstić information content (AvgIpc) is 3.46.